The molecule has 6 nitrogen and oxygen atoms in total. The Kier molecular flexibility index (Phi) is 5.63. The summed E-state index contributed by atoms with van der Waals surface area (Å²) in [6.45, 7) is 8.21. The maximum Gasteiger partial charge on any atom is 0.247 e. The first kappa shape index (κ1) is 17.4. The highest BCUT2D eigenvalue weighted by atomic mass is 19.1. The van der Waals surface area contributed by atoms with E-state index >= 15 is 0 Å². The maximum absolute atomic E-state index is 13.9. The smallest absolute Gasteiger partial charge is 0.247 e. The van der Waals surface area contributed by atoms with Gasteiger partial charge in [0.05, 0.1) is 11.9 Å². The fourth-order valence-electron chi connectivity index (χ4n) is 2.86. The third-order valence-electron chi connectivity index (χ3n) is 4.33. The highest BCUT2D eigenvalue weighted by molar-refractivity contribution is 5.50. The molecular weight excluding hydrogens is 319 g/mol. The van der Waals surface area contributed by atoms with Crippen molar-refractivity contribution >= 4 is 17.5 Å². The van der Waals surface area contributed by atoms with Crippen LogP contribution in [-0.2, 0) is 0 Å². The number of hydrogen-bond donors (Lipinski definition) is 1. The lowest BCUT2D eigenvalue weighted by molar-refractivity contribution is 0.592. The number of benzene rings is 1. The monoisotopic (exact) mass is 344 g/mol. The van der Waals surface area contributed by atoms with Gasteiger partial charge in [0.1, 0.15) is 5.82 Å². The zero-order valence-electron chi connectivity index (χ0n) is 14.8. The molecule has 1 aliphatic rings. The molecule has 2 heterocycles. The van der Waals surface area contributed by atoms with Gasteiger partial charge in [-0.25, -0.2) is 4.39 Å². The molecule has 1 aromatic carbocycles. The summed E-state index contributed by atoms with van der Waals surface area (Å²) in [5.41, 5.74) is 0.658. The number of piperazine rings is 1. The molecule has 1 fully saturated rings. The number of rotatable bonds is 6. The average molecular weight is 344 g/mol. The Hall–Kier alpha value is -2.44. The lowest BCUT2D eigenvalue weighted by Crippen LogP contribution is -2.47. The van der Waals surface area contributed by atoms with E-state index < -0.39 is 0 Å². The molecule has 0 aliphatic carbocycles. The molecule has 1 saturated heterocycles. The lowest BCUT2D eigenvalue weighted by Gasteiger charge is -2.36. The van der Waals surface area contributed by atoms with E-state index in [1.165, 1.54) is 6.07 Å². The van der Waals surface area contributed by atoms with Crippen LogP contribution in [0.4, 0.5) is 21.8 Å². The number of aromatic nitrogens is 3. The zero-order valence-corrected chi connectivity index (χ0v) is 14.8. The van der Waals surface area contributed by atoms with E-state index in [1.807, 2.05) is 12.1 Å². The summed E-state index contributed by atoms with van der Waals surface area (Å²) in [5.74, 6) is 1.85. The van der Waals surface area contributed by atoms with Crippen molar-refractivity contribution in [3.63, 3.8) is 0 Å². The Balaban J connectivity index is 1.58. The maximum atomic E-state index is 13.9. The normalized spacial score (nSPS) is 14.9. The van der Waals surface area contributed by atoms with Crippen LogP contribution < -0.4 is 15.1 Å². The largest absolute Gasteiger partial charge is 0.369 e. The van der Waals surface area contributed by atoms with Gasteiger partial charge in [0, 0.05) is 32.7 Å². The topological polar surface area (TPSA) is 57.2 Å². The molecule has 7 heteroatoms. The predicted molar refractivity (Wildman–Crippen MR) is 98.6 cm³/mol. The second kappa shape index (κ2) is 8.09. The van der Waals surface area contributed by atoms with Crippen LogP contribution in [0.1, 0.15) is 20.3 Å². The first-order valence-corrected chi connectivity index (χ1v) is 8.81. The molecule has 0 unspecified atom stereocenters. The van der Waals surface area contributed by atoms with E-state index in [4.69, 9.17) is 0 Å². The Morgan fingerprint density at radius 1 is 1.12 bits per heavy atom. The number of nitrogens with zero attached hydrogens (tertiary/aromatic N) is 5. The fourth-order valence-corrected chi connectivity index (χ4v) is 2.86. The first-order valence-electron chi connectivity index (χ1n) is 8.81. The van der Waals surface area contributed by atoms with Gasteiger partial charge in [0.25, 0.3) is 0 Å². The van der Waals surface area contributed by atoms with Crippen molar-refractivity contribution in [1.82, 2.24) is 15.2 Å². The quantitative estimate of drug-likeness (QED) is 0.870. The standard InChI is InChI=1S/C18H25FN6/c1-14(2)7-8-20-17-13-21-23-18(22-17)25-11-9-24(10-12-25)16-6-4-3-5-15(16)19/h3-6,13-14H,7-12H2,1-2H3,(H,20,22,23). The third kappa shape index (κ3) is 4.55. The second-order valence-electron chi connectivity index (χ2n) is 6.68. The van der Waals surface area contributed by atoms with Crippen LogP contribution in [0.25, 0.3) is 0 Å². The van der Waals surface area contributed by atoms with Gasteiger partial charge in [-0.05, 0) is 24.5 Å². The van der Waals surface area contributed by atoms with Crippen molar-refractivity contribution in [2.75, 3.05) is 47.8 Å². The number of anilines is 3. The van der Waals surface area contributed by atoms with E-state index in [9.17, 15) is 4.39 Å². The number of halogens is 1. The van der Waals surface area contributed by atoms with Crippen LogP contribution in [0, 0.1) is 11.7 Å². The minimum absolute atomic E-state index is 0.176. The van der Waals surface area contributed by atoms with E-state index in [2.05, 4.69) is 44.1 Å². The molecular formula is C18H25FN6. The Labute approximate surface area is 148 Å². The molecule has 25 heavy (non-hydrogen) atoms. The molecule has 0 spiro atoms. The van der Waals surface area contributed by atoms with Crippen molar-refractivity contribution < 1.29 is 4.39 Å². The molecule has 0 radical (unpaired) electrons. The minimum atomic E-state index is -0.176. The molecule has 3 rings (SSSR count). The molecule has 0 bridgehead atoms. The third-order valence-corrected chi connectivity index (χ3v) is 4.33. The fraction of sp³-hybridized carbons (Fsp3) is 0.500. The van der Waals surface area contributed by atoms with Crippen molar-refractivity contribution in [2.24, 2.45) is 5.92 Å². The number of nitrogens with one attached hydrogen (secondary N) is 1. The highest BCUT2D eigenvalue weighted by Crippen LogP contribution is 2.21. The second-order valence-corrected chi connectivity index (χ2v) is 6.68. The van der Waals surface area contributed by atoms with Gasteiger partial charge < -0.3 is 15.1 Å². The van der Waals surface area contributed by atoms with Crippen LogP contribution in [0.3, 0.4) is 0 Å². The molecule has 2 aromatic rings. The predicted octanol–water partition coefficient (Wildman–Crippen LogP) is 2.80. The van der Waals surface area contributed by atoms with E-state index in [0.717, 1.165) is 45.0 Å². The SMILES string of the molecule is CC(C)CCNc1cnnc(N2CCN(c3ccccc3F)CC2)n1. The molecule has 0 saturated carbocycles. The Bertz CT molecular complexity index is 685. The molecule has 0 amide bonds. The Morgan fingerprint density at radius 3 is 2.56 bits per heavy atom. The Morgan fingerprint density at radius 2 is 1.84 bits per heavy atom. The van der Waals surface area contributed by atoms with Crippen LogP contribution in [-0.4, -0.2) is 47.9 Å². The lowest BCUT2D eigenvalue weighted by atomic mass is 10.1. The van der Waals surface area contributed by atoms with Crippen LogP contribution in [0.15, 0.2) is 30.5 Å². The van der Waals surface area contributed by atoms with Crippen molar-refractivity contribution in [1.29, 1.82) is 0 Å². The van der Waals surface area contributed by atoms with Gasteiger partial charge in [-0.3, -0.25) is 0 Å². The molecule has 1 aliphatic heterocycles. The van der Waals surface area contributed by atoms with Crippen LogP contribution in [0.2, 0.25) is 0 Å². The van der Waals surface area contributed by atoms with E-state index in [0.29, 0.717) is 17.6 Å². The highest BCUT2D eigenvalue weighted by Gasteiger charge is 2.21. The van der Waals surface area contributed by atoms with Gasteiger partial charge in [-0.15, -0.1) is 5.10 Å². The molecule has 0 atom stereocenters. The van der Waals surface area contributed by atoms with Gasteiger partial charge in [-0.2, -0.15) is 10.1 Å². The summed E-state index contributed by atoms with van der Waals surface area (Å²) in [5, 5.41) is 11.5. The van der Waals surface area contributed by atoms with Crippen molar-refractivity contribution in [3.05, 3.63) is 36.3 Å². The van der Waals surface area contributed by atoms with Gasteiger partial charge in [0.2, 0.25) is 5.95 Å². The molecule has 1 N–H and O–H groups in total. The summed E-state index contributed by atoms with van der Waals surface area (Å²) in [6, 6.07) is 6.90. The summed E-state index contributed by atoms with van der Waals surface area (Å²) in [6.07, 6.45) is 2.74. The van der Waals surface area contributed by atoms with Gasteiger partial charge in [-0.1, -0.05) is 26.0 Å². The van der Waals surface area contributed by atoms with E-state index in [1.54, 1.807) is 12.3 Å². The van der Waals surface area contributed by atoms with Gasteiger partial charge in [0.15, 0.2) is 5.82 Å². The zero-order chi connectivity index (χ0) is 17.6. The van der Waals surface area contributed by atoms with Crippen molar-refractivity contribution in [2.45, 2.75) is 20.3 Å². The minimum Gasteiger partial charge on any atom is -0.369 e. The summed E-state index contributed by atoms with van der Waals surface area (Å²) in [4.78, 5) is 8.71. The molecule has 134 valence electrons. The van der Waals surface area contributed by atoms with Crippen LogP contribution in [0.5, 0.6) is 0 Å². The summed E-state index contributed by atoms with van der Waals surface area (Å²) >= 11 is 0. The van der Waals surface area contributed by atoms with E-state index in [-0.39, 0.29) is 5.82 Å². The summed E-state index contributed by atoms with van der Waals surface area (Å²) < 4.78 is 13.9. The number of hydrogen-bond acceptors (Lipinski definition) is 6. The molecule has 1 aromatic heterocycles. The first-order chi connectivity index (χ1) is 12.1. The summed E-state index contributed by atoms with van der Waals surface area (Å²) in [7, 11) is 0. The average Bonchev–Trinajstić information content (AvgIpc) is 2.62. The number of para-hydroxylation sites is 1. The van der Waals surface area contributed by atoms with Gasteiger partial charge >= 0.3 is 0 Å². The van der Waals surface area contributed by atoms with Crippen LogP contribution >= 0.6 is 0 Å². The van der Waals surface area contributed by atoms with Crippen molar-refractivity contribution in [3.8, 4) is 0 Å².